The lowest BCUT2D eigenvalue weighted by Gasteiger charge is -2.33. The monoisotopic (exact) mass is 381 g/mol. The Bertz CT molecular complexity index is 701. The fourth-order valence-corrected chi connectivity index (χ4v) is 3.24. The summed E-state index contributed by atoms with van der Waals surface area (Å²) in [5, 5.41) is 20.8. The second kappa shape index (κ2) is 9.30. The number of nitrogens with zero attached hydrogens (tertiary/aromatic N) is 5. The van der Waals surface area contributed by atoms with Crippen molar-refractivity contribution in [3.63, 3.8) is 0 Å². The highest BCUT2D eigenvalue weighted by molar-refractivity contribution is 5.86. The van der Waals surface area contributed by atoms with Gasteiger partial charge in [-0.25, -0.2) is 4.98 Å². The highest BCUT2D eigenvalue weighted by Crippen LogP contribution is 2.28. The van der Waals surface area contributed by atoms with Crippen LogP contribution in [-0.4, -0.2) is 50.7 Å². The largest absolute Gasteiger partial charge is 0.373 e. The van der Waals surface area contributed by atoms with E-state index >= 15 is 0 Å². The van der Waals surface area contributed by atoms with Crippen molar-refractivity contribution in [2.24, 2.45) is 0 Å². The summed E-state index contributed by atoms with van der Waals surface area (Å²) in [6, 6.07) is 3.74. The molecule has 3 rings (SSSR count). The zero-order chi connectivity index (χ0) is 17.8. The molecule has 0 aliphatic carbocycles. The molecule has 2 aromatic heterocycles. The van der Waals surface area contributed by atoms with Gasteiger partial charge in [-0.2, -0.15) is 4.98 Å². The number of aromatic nitrogens is 3. The van der Waals surface area contributed by atoms with Gasteiger partial charge in [0, 0.05) is 19.3 Å². The number of fused-ring (bicyclic) bond motifs is 1. The molecule has 8 heteroatoms. The standard InChI is InChI=1S/C18H27N5O2.ClH/c1-3-14(24)23(15(25)4-2)18-20-13-9-8-10-19-16(13)17(21-18)22-11-6-5-7-12-22;/h8-10,14-15,24-25H,3-7,11-12H2,1-2H3;1H. The molecule has 0 saturated carbocycles. The van der Waals surface area contributed by atoms with E-state index < -0.39 is 12.5 Å². The smallest absolute Gasteiger partial charge is 0.232 e. The molecule has 1 aliphatic heterocycles. The Labute approximate surface area is 160 Å². The number of pyridine rings is 1. The molecule has 2 atom stereocenters. The molecule has 1 saturated heterocycles. The zero-order valence-electron chi connectivity index (χ0n) is 15.4. The molecular formula is C18H28ClN5O2. The van der Waals surface area contributed by atoms with E-state index in [0.29, 0.717) is 18.8 Å². The molecule has 2 unspecified atom stereocenters. The molecular weight excluding hydrogens is 354 g/mol. The quantitative estimate of drug-likeness (QED) is 0.744. The molecule has 3 heterocycles. The predicted molar refractivity (Wildman–Crippen MR) is 106 cm³/mol. The summed E-state index contributed by atoms with van der Waals surface area (Å²) in [5.41, 5.74) is 1.50. The first-order valence-corrected chi connectivity index (χ1v) is 9.17. The maximum atomic E-state index is 10.4. The summed E-state index contributed by atoms with van der Waals surface area (Å²) in [5.74, 6) is 1.14. The number of halogens is 1. The van der Waals surface area contributed by atoms with Crippen LogP contribution >= 0.6 is 12.4 Å². The zero-order valence-corrected chi connectivity index (χ0v) is 16.2. The van der Waals surface area contributed by atoms with Gasteiger partial charge in [0.2, 0.25) is 5.95 Å². The van der Waals surface area contributed by atoms with E-state index in [2.05, 4.69) is 14.9 Å². The van der Waals surface area contributed by atoms with Crippen LogP contribution in [0.1, 0.15) is 46.0 Å². The number of hydrogen-bond acceptors (Lipinski definition) is 7. The molecule has 26 heavy (non-hydrogen) atoms. The Morgan fingerprint density at radius 2 is 1.73 bits per heavy atom. The maximum absolute atomic E-state index is 10.4. The van der Waals surface area contributed by atoms with Crippen molar-refractivity contribution in [2.75, 3.05) is 22.9 Å². The average Bonchev–Trinajstić information content (AvgIpc) is 2.67. The van der Waals surface area contributed by atoms with Crippen LogP contribution in [0.3, 0.4) is 0 Å². The van der Waals surface area contributed by atoms with Crippen molar-refractivity contribution in [3.8, 4) is 0 Å². The molecule has 1 aliphatic rings. The van der Waals surface area contributed by atoms with Crippen molar-refractivity contribution >= 4 is 35.2 Å². The van der Waals surface area contributed by atoms with E-state index in [-0.39, 0.29) is 12.4 Å². The van der Waals surface area contributed by atoms with E-state index in [0.717, 1.165) is 42.8 Å². The number of aliphatic hydroxyl groups is 2. The van der Waals surface area contributed by atoms with Gasteiger partial charge in [0.15, 0.2) is 5.82 Å². The SMILES string of the molecule is CCC(O)N(c1nc(N2CCCCC2)c2ncccc2n1)C(O)CC.Cl. The molecule has 0 aromatic carbocycles. The van der Waals surface area contributed by atoms with Gasteiger partial charge in [-0.3, -0.25) is 9.88 Å². The lowest BCUT2D eigenvalue weighted by Crippen LogP contribution is -2.44. The van der Waals surface area contributed by atoms with Crippen molar-refractivity contribution < 1.29 is 10.2 Å². The normalized spacial score (nSPS) is 16.8. The molecule has 0 bridgehead atoms. The third-order valence-corrected chi connectivity index (χ3v) is 4.68. The lowest BCUT2D eigenvalue weighted by atomic mass is 10.1. The van der Waals surface area contributed by atoms with E-state index in [1.54, 1.807) is 6.20 Å². The van der Waals surface area contributed by atoms with Crippen LogP contribution in [0.4, 0.5) is 11.8 Å². The number of piperidine rings is 1. The van der Waals surface area contributed by atoms with Crippen LogP contribution < -0.4 is 9.80 Å². The summed E-state index contributed by atoms with van der Waals surface area (Å²) < 4.78 is 0. The number of aliphatic hydroxyl groups excluding tert-OH is 2. The van der Waals surface area contributed by atoms with Gasteiger partial charge in [0.05, 0.1) is 5.52 Å². The third-order valence-electron chi connectivity index (χ3n) is 4.68. The molecule has 0 spiro atoms. The van der Waals surface area contributed by atoms with Gasteiger partial charge in [0.1, 0.15) is 18.0 Å². The summed E-state index contributed by atoms with van der Waals surface area (Å²) >= 11 is 0. The minimum absolute atomic E-state index is 0. The summed E-state index contributed by atoms with van der Waals surface area (Å²) in [4.78, 5) is 17.5. The molecule has 0 amide bonds. The Morgan fingerprint density at radius 1 is 1.08 bits per heavy atom. The van der Waals surface area contributed by atoms with Crippen molar-refractivity contribution in [1.82, 2.24) is 15.0 Å². The van der Waals surface area contributed by atoms with E-state index in [4.69, 9.17) is 4.98 Å². The first-order valence-electron chi connectivity index (χ1n) is 9.17. The lowest BCUT2D eigenvalue weighted by molar-refractivity contribution is 0.0778. The van der Waals surface area contributed by atoms with Crippen molar-refractivity contribution in [3.05, 3.63) is 18.3 Å². The highest BCUT2D eigenvalue weighted by Gasteiger charge is 2.26. The number of anilines is 2. The van der Waals surface area contributed by atoms with Crippen LogP contribution in [0.5, 0.6) is 0 Å². The van der Waals surface area contributed by atoms with Crippen LogP contribution in [-0.2, 0) is 0 Å². The summed E-state index contributed by atoms with van der Waals surface area (Å²) in [6.45, 7) is 5.62. The molecule has 1 fully saturated rings. The highest BCUT2D eigenvalue weighted by atomic mass is 35.5. The first kappa shape index (κ1) is 20.6. The molecule has 7 nitrogen and oxygen atoms in total. The fourth-order valence-electron chi connectivity index (χ4n) is 3.24. The summed E-state index contributed by atoms with van der Waals surface area (Å²) in [7, 11) is 0. The number of rotatable bonds is 6. The second-order valence-electron chi connectivity index (χ2n) is 6.45. The van der Waals surface area contributed by atoms with Crippen LogP contribution in [0.25, 0.3) is 11.0 Å². The molecule has 2 aromatic rings. The first-order chi connectivity index (χ1) is 12.2. The van der Waals surface area contributed by atoms with Gasteiger partial charge in [-0.1, -0.05) is 13.8 Å². The van der Waals surface area contributed by atoms with Crippen molar-refractivity contribution in [2.45, 2.75) is 58.4 Å². The predicted octanol–water partition coefficient (Wildman–Crippen LogP) is 2.70. The fraction of sp³-hybridized carbons (Fsp3) is 0.611. The van der Waals surface area contributed by atoms with Crippen LogP contribution in [0.2, 0.25) is 0 Å². The van der Waals surface area contributed by atoms with E-state index in [1.807, 2.05) is 26.0 Å². The maximum Gasteiger partial charge on any atom is 0.232 e. The second-order valence-corrected chi connectivity index (χ2v) is 6.45. The van der Waals surface area contributed by atoms with Gasteiger partial charge in [-0.05, 0) is 44.2 Å². The van der Waals surface area contributed by atoms with E-state index in [9.17, 15) is 10.2 Å². The van der Waals surface area contributed by atoms with Crippen LogP contribution in [0, 0.1) is 0 Å². The Morgan fingerprint density at radius 3 is 2.35 bits per heavy atom. The minimum atomic E-state index is -0.835. The topological polar surface area (TPSA) is 85.6 Å². The van der Waals surface area contributed by atoms with Gasteiger partial charge in [-0.15, -0.1) is 12.4 Å². The van der Waals surface area contributed by atoms with Gasteiger partial charge >= 0.3 is 0 Å². The Hall–Kier alpha value is -1.70. The summed E-state index contributed by atoms with van der Waals surface area (Å²) in [6.07, 6.45) is 4.53. The minimum Gasteiger partial charge on any atom is -0.373 e. The van der Waals surface area contributed by atoms with Crippen LogP contribution in [0.15, 0.2) is 18.3 Å². The molecule has 2 N–H and O–H groups in total. The van der Waals surface area contributed by atoms with E-state index in [1.165, 1.54) is 11.3 Å². The average molecular weight is 382 g/mol. The Balaban J connectivity index is 0.00000243. The van der Waals surface area contributed by atoms with Crippen molar-refractivity contribution in [1.29, 1.82) is 0 Å². The van der Waals surface area contributed by atoms with Gasteiger partial charge in [0.25, 0.3) is 0 Å². The van der Waals surface area contributed by atoms with Gasteiger partial charge < -0.3 is 15.1 Å². The molecule has 144 valence electrons. The third kappa shape index (κ3) is 4.16. The number of hydrogen-bond donors (Lipinski definition) is 2. The Kier molecular flexibility index (Phi) is 7.37. The molecule has 0 radical (unpaired) electrons.